The maximum absolute atomic E-state index is 15.5. The highest BCUT2D eigenvalue weighted by Crippen LogP contribution is 2.33. The molecule has 1 saturated heterocycles. The number of halogens is 1. The van der Waals surface area contributed by atoms with Gasteiger partial charge in [-0.2, -0.15) is 0 Å². The lowest BCUT2D eigenvalue weighted by atomic mass is 10.0. The van der Waals surface area contributed by atoms with Gasteiger partial charge in [0.15, 0.2) is 17.6 Å². The van der Waals surface area contributed by atoms with Gasteiger partial charge in [0, 0.05) is 28.9 Å². The first-order valence-electron chi connectivity index (χ1n) is 11.6. The van der Waals surface area contributed by atoms with E-state index in [1.165, 1.54) is 18.6 Å². The van der Waals surface area contributed by atoms with Gasteiger partial charge in [0.25, 0.3) is 0 Å². The number of aliphatic carboxylic acids is 1. The van der Waals surface area contributed by atoms with Crippen LogP contribution in [0.15, 0.2) is 36.4 Å². The molecule has 0 aliphatic carbocycles. The number of carbonyl (C=O) groups is 1. The summed E-state index contributed by atoms with van der Waals surface area (Å²) in [5, 5.41) is 20.2. The third-order valence-electron chi connectivity index (χ3n) is 5.91. The number of nitrogen functional groups attached to an aromatic ring is 1. The molecule has 8 nitrogen and oxygen atoms in total. The van der Waals surface area contributed by atoms with E-state index < -0.39 is 17.8 Å². The Kier molecular flexibility index (Phi) is 8.70. The summed E-state index contributed by atoms with van der Waals surface area (Å²) in [5.41, 5.74) is 6.33. The SMILES string of the molecule is CCOc1cc(OCC(C)N2CCCCC2)c(F)c(C(Nc2ccc(C(=N)N)cc2)C(=O)O)c1. The number of piperidine rings is 1. The smallest absolute Gasteiger partial charge is 0.330 e. The highest BCUT2D eigenvalue weighted by atomic mass is 19.1. The summed E-state index contributed by atoms with van der Waals surface area (Å²) in [7, 11) is 0. The van der Waals surface area contributed by atoms with E-state index in [2.05, 4.69) is 10.2 Å². The van der Waals surface area contributed by atoms with Crippen molar-refractivity contribution in [3.8, 4) is 11.5 Å². The number of anilines is 1. The van der Waals surface area contributed by atoms with E-state index in [1.54, 1.807) is 31.2 Å². The molecule has 184 valence electrons. The average Bonchev–Trinajstić information content (AvgIpc) is 2.83. The monoisotopic (exact) mass is 472 g/mol. The van der Waals surface area contributed by atoms with Gasteiger partial charge < -0.3 is 25.6 Å². The second-order valence-corrected chi connectivity index (χ2v) is 8.42. The average molecular weight is 473 g/mol. The predicted octanol–water partition coefficient (Wildman–Crippen LogP) is 4.00. The van der Waals surface area contributed by atoms with Crippen LogP contribution in [0, 0.1) is 11.2 Å². The third kappa shape index (κ3) is 6.38. The van der Waals surface area contributed by atoms with Crippen LogP contribution < -0.4 is 20.5 Å². The first-order valence-corrected chi connectivity index (χ1v) is 11.6. The Morgan fingerprint density at radius 3 is 2.47 bits per heavy atom. The summed E-state index contributed by atoms with van der Waals surface area (Å²) >= 11 is 0. The van der Waals surface area contributed by atoms with Gasteiger partial charge in [-0.05, 0) is 70.1 Å². The van der Waals surface area contributed by atoms with Crippen LogP contribution in [0.3, 0.4) is 0 Å². The number of carboxylic acids is 1. The third-order valence-corrected chi connectivity index (χ3v) is 5.91. The van der Waals surface area contributed by atoms with Gasteiger partial charge in [-0.1, -0.05) is 6.42 Å². The minimum Gasteiger partial charge on any atom is -0.494 e. The number of rotatable bonds is 11. The van der Waals surface area contributed by atoms with Gasteiger partial charge in [-0.3, -0.25) is 10.3 Å². The summed E-state index contributed by atoms with van der Waals surface area (Å²) in [4.78, 5) is 14.4. The molecule has 0 amide bonds. The highest BCUT2D eigenvalue weighted by Gasteiger charge is 2.27. The van der Waals surface area contributed by atoms with Gasteiger partial charge in [-0.15, -0.1) is 0 Å². The summed E-state index contributed by atoms with van der Waals surface area (Å²) < 4.78 is 26.9. The lowest BCUT2D eigenvalue weighted by Crippen LogP contribution is -2.40. The number of amidine groups is 1. The fourth-order valence-electron chi connectivity index (χ4n) is 4.02. The van der Waals surface area contributed by atoms with E-state index in [-0.39, 0.29) is 29.8 Å². The molecule has 3 rings (SSSR count). The van der Waals surface area contributed by atoms with Crippen LogP contribution in [-0.4, -0.2) is 54.2 Å². The minimum atomic E-state index is -1.38. The normalized spacial score (nSPS) is 15.9. The van der Waals surface area contributed by atoms with Crippen molar-refractivity contribution in [2.24, 2.45) is 5.73 Å². The van der Waals surface area contributed by atoms with Crippen LogP contribution in [0.5, 0.6) is 11.5 Å². The molecule has 2 aromatic rings. The fourth-order valence-corrected chi connectivity index (χ4v) is 4.02. The minimum absolute atomic E-state index is 0.0372. The molecule has 1 aliphatic rings. The molecule has 34 heavy (non-hydrogen) atoms. The van der Waals surface area contributed by atoms with Gasteiger partial charge in [-0.25, -0.2) is 9.18 Å². The standard InChI is InChI=1S/C25H33FN4O4/c1-3-33-19-13-20(23(25(31)32)29-18-9-7-17(8-10-18)24(27)28)22(26)21(14-19)34-15-16(2)30-11-5-4-6-12-30/h7-10,13-14,16,23,29H,3-6,11-12,15H2,1-2H3,(H3,27,28)(H,31,32). The zero-order valence-electron chi connectivity index (χ0n) is 19.6. The van der Waals surface area contributed by atoms with E-state index >= 15 is 4.39 Å². The molecule has 1 heterocycles. The lowest BCUT2D eigenvalue weighted by molar-refractivity contribution is -0.138. The second-order valence-electron chi connectivity index (χ2n) is 8.42. The van der Waals surface area contributed by atoms with Crippen molar-refractivity contribution < 1.29 is 23.8 Å². The van der Waals surface area contributed by atoms with Gasteiger partial charge in [0.05, 0.1) is 6.61 Å². The van der Waals surface area contributed by atoms with Crippen molar-refractivity contribution in [1.29, 1.82) is 5.41 Å². The number of nitrogens with two attached hydrogens (primary N) is 1. The molecule has 9 heteroatoms. The van der Waals surface area contributed by atoms with E-state index in [9.17, 15) is 9.90 Å². The van der Waals surface area contributed by atoms with Gasteiger partial charge in [0.1, 0.15) is 18.2 Å². The van der Waals surface area contributed by atoms with Crippen molar-refractivity contribution in [1.82, 2.24) is 4.90 Å². The maximum atomic E-state index is 15.5. The summed E-state index contributed by atoms with van der Waals surface area (Å²) in [6, 6.07) is 7.93. The number of carboxylic acid groups (broad SMARTS) is 1. The highest BCUT2D eigenvalue weighted by molar-refractivity contribution is 5.95. The molecule has 0 saturated carbocycles. The molecular weight excluding hydrogens is 439 g/mol. The fraction of sp³-hybridized carbons (Fsp3) is 0.440. The zero-order valence-corrected chi connectivity index (χ0v) is 19.6. The predicted molar refractivity (Wildman–Crippen MR) is 129 cm³/mol. The van der Waals surface area contributed by atoms with E-state index in [1.807, 2.05) is 6.92 Å². The van der Waals surface area contributed by atoms with Crippen molar-refractivity contribution in [3.63, 3.8) is 0 Å². The number of benzene rings is 2. The number of ether oxygens (including phenoxy) is 2. The summed E-state index contributed by atoms with van der Waals surface area (Å²) in [5.74, 6) is -1.80. The Morgan fingerprint density at radius 2 is 1.88 bits per heavy atom. The van der Waals surface area contributed by atoms with Crippen molar-refractivity contribution in [2.45, 2.75) is 45.2 Å². The number of hydrogen-bond acceptors (Lipinski definition) is 6. The Morgan fingerprint density at radius 1 is 1.21 bits per heavy atom. The molecule has 0 spiro atoms. The zero-order chi connectivity index (χ0) is 24.7. The Hall–Kier alpha value is -3.33. The van der Waals surface area contributed by atoms with Gasteiger partial charge >= 0.3 is 5.97 Å². The van der Waals surface area contributed by atoms with Crippen molar-refractivity contribution in [3.05, 3.63) is 53.3 Å². The topological polar surface area (TPSA) is 121 Å². The molecule has 0 aromatic heterocycles. The first-order chi connectivity index (χ1) is 16.3. The number of nitrogens with one attached hydrogen (secondary N) is 2. The quantitative estimate of drug-likeness (QED) is 0.288. The van der Waals surface area contributed by atoms with E-state index in [0.29, 0.717) is 23.6 Å². The van der Waals surface area contributed by atoms with Crippen molar-refractivity contribution in [2.75, 3.05) is 31.6 Å². The Labute approximate surface area is 199 Å². The number of hydrogen-bond donors (Lipinski definition) is 4. The van der Waals surface area contributed by atoms with Crippen LogP contribution in [0.2, 0.25) is 0 Å². The van der Waals surface area contributed by atoms with Crippen LogP contribution in [0.4, 0.5) is 10.1 Å². The summed E-state index contributed by atoms with van der Waals surface area (Å²) in [6.07, 6.45) is 3.50. The molecule has 1 aliphatic heterocycles. The molecule has 2 unspecified atom stereocenters. The van der Waals surface area contributed by atoms with E-state index in [0.717, 1.165) is 25.9 Å². The Balaban J connectivity index is 1.85. The molecule has 2 atom stereocenters. The summed E-state index contributed by atoms with van der Waals surface area (Å²) in [6.45, 7) is 6.44. The van der Waals surface area contributed by atoms with E-state index in [4.69, 9.17) is 20.6 Å². The molecular formula is C25H33FN4O4. The van der Waals surface area contributed by atoms with Crippen LogP contribution >= 0.6 is 0 Å². The first kappa shape index (κ1) is 25.3. The molecule has 1 fully saturated rings. The number of nitrogens with zero attached hydrogens (tertiary/aromatic N) is 1. The lowest BCUT2D eigenvalue weighted by Gasteiger charge is -2.32. The van der Waals surface area contributed by atoms with Crippen LogP contribution in [-0.2, 0) is 4.79 Å². The molecule has 0 bridgehead atoms. The second kappa shape index (κ2) is 11.7. The largest absolute Gasteiger partial charge is 0.494 e. The molecule has 0 radical (unpaired) electrons. The van der Waals surface area contributed by atoms with Gasteiger partial charge in [0.2, 0.25) is 0 Å². The molecule has 2 aromatic carbocycles. The van der Waals surface area contributed by atoms with Crippen LogP contribution in [0.25, 0.3) is 0 Å². The van der Waals surface area contributed by atoms with Crippen molar-refractivity contribution >= 4 is 17.5 Å². The number of likely N-dealkylation sites (tertiary alicyclic amines) is 1. The van der Waals surface area contributed by atoms with Crippen LogP contribution in [0.1, 0.15) is 50.3 Å². The Bertz CT molecular complexity index is 993. The maximum Gasteiger partial charge on any atom is 0.330 e. The molecule has 5 N–H and O–H groups in total.